The second kappa shape index (κ2) is 4.53. The Morgan fingerprint density at radius 1 is 1.50 bits per heavy atom. The molecule has 2 aromatic heterocycles. The quantitative estimate of drug-likeness (QED) is 0.831. The summed E-state index contributed by atoms with van der Waals surface area (Å²) in [4.78, 5) is 14.0. The molecule has 0 N–H and O–H groups in total. The van der Waals surface area contributed by atoms with Crippen LogP contribution in [-0.4, -0.2) is 33.7 Å². The molecular weight excluding hydrogens is 256 g/mol. The summed E-state index contributed by atoms with van der Waals surface area (Å²) < 4.78 is 7.13. The van der Waals surface area contributed by atoms with Gasteiger partial charge >= 0.3 is 0 Å². The number of hydrogen-bond acceptors (Lipinski definition) is 4. The molecule has 1 aliphatic heterocycles. The molecule has 20 heavy (non-hydrogen) atoms. The van der Waals surface area contributed by atoms with Gasteiger partial charge in [-0.2, -0.15) is 10.4 Å². The number of furan rings is 1. The highest BCUT2D eigenvalue weighted by atomic mass is 16.3. The number of carbonyl (C=O) groups excluding carboxylic acids is 1. The Morgan fingerprint density at radius 3 is 2.80 bits per heavy atom. The van der Waals surface area contributed by atoms with Gasteiger partial charge in [0.15, 0.2) is 0 Å². The average molecular weight is 270 g/mol. The van der Waals surface area contributed by atoms with E-state index in [9.17, 15) is 4.79 Å². The molecular formula is C14H14N4O2. The third-order valence-corrected chi connectivity index (χ3v) is 3.53. The number of amides is 1. The lowest BCUT2D eigenvalue weighted by atomic mass is 10.1. The van der Waals surface area contributed by atoms with Crippen LogP contribution < -0.4 is 0 Å². The maximum Gasteiger partial charge on any atom is 0.257 e. The van der Waals surface area contributed by atoms with Gasteiger partial charge in [0, 0.05) is 19.3 Å². The van der Waals surface area contributed by atoms with Crippen molar-refractivity contribution >= 4 is 5.91 Å². The van der Waals surface area contributed by atoms with E-state index in [2.05, 4.69) is 5.10 Å². The van der Waals surface area contributed by atoms with Gasteiger partial charge in [-0.05, 0) is 19.9 Å². The van der Waals surface area contributed by atoms with E-state index in [1.165, 1.54) is 6.20 Å². The van der Waals surface area contributed by atoms with Crippen LogP contribution in [0.4, 0.5) is 0 Å². The fourth-order valence-corrected chi connectivity index (χ4v) is 2.40. The van der Waals surface area contributed by atoms with Gasteiger partial charge in [0.2, 0.25) is 0 Å². The van der Waals surface area contributed by atoms with Crippen molar-refractivity contribution in [2.24, 2.45) is 0 Å². The highest BCUT2D eigenvalue weighted by Crippen LogP contribution is 2.25. The summed E-state index contributed by atoms with van der Waals surface area (Å²) in [6, 6.07) is 3.96. The Labute approximate surface area is 116 Å². The van der Waals surface area contributed by atoms with Crippen LogP contribution in [0.25, 0.3) is 0 Å². The first-order chi connectivity index (χ1) is 9.58. The zero-order valence-corrected chi connectivity index (χ0v) is 11.3. The minimum atomic E-state index is -0.0109. The molecule has 3 rings (SSSR count). The normalized spacial score (nSPS) is 14.9. The number of aryl methyl sites for hydroxylation is 2. The molecule has 6 nitrogen and oxygen atoms in total. The van der Waals surface area contributed by atoms with Gasteiger partial charge in [0.05, 0.1) is 23.4 Å². The van der Waals surface area contributed by atoms with E-state index >= 15 is 0 Å². The molecule has 0 bridgehead atoms. The third kappa shape index (κ3) is 1.97. The zero-order valence-electron chi connectivity index (χ0n) is 11.3. The van der Waals surface area contributed by atoms with E-state index in [1.807, 2.05) is 13.0 Å². The molecule has 0 aromatic carbocycles. The summed E-state index contributed by atoms with van der Waals surface area (Å²) in [6.45, 7) is 4.84. The van der Waals surface area contributed by atoms with Crippen molar-refractivity contribution in [2.75, 3.05) is 13.1 Å². The van der Waals surface area contributed by atoms with E-state index in [4.69, 9.17) is 9.68 Å². The maximum absolute atomic E-state index is 12.3. The average Bonchev–Trinajstić information content (AvgIpc) is 2.94. The zero-order chi connectivity index (χ0) is 14.3. The smallest absolute Gasteiger partial charge is 0.257 e. The predicted molar refractivity (Wildman–Crippen MR) is 70.1 cm³/mol. The van der Waals surface area contributed by atoms with Crippen LogP contribution in [0, 0.1) is 25.2 Å². The molecule has 0 radical (unpaired) electrons. The standard InChI is InChI=1S/C14H14N4O2/c1-9-3-13(10(2)20-9)14(19)17-7-12(8-17)18-6-11(4-15)5-16-18/h3,5-6,12H,7-8H2,1-2H3. The fourth-order valence-electron chi connectivity index (χ4n) is 2.40. The molecule has 0 unspecified atom stereocenters. The molecule has 0 aliphatic carbocycles. The van der Waals surface area contributed by atoms with Crippen LogP contribution in [0.15, 0.2) is 22.9 Å². The molecule has 0 saturated carbocycles. The van der Waals surface area contributed by atoms with E-state index in [1.54, 1.807) is 28.8 Å². The van der Waals surface area contributed by atoms with E-state index < -0.39 is 0 Å². The largest absolute Gasteiger partial charge is 0.466 e. The van der Waals surface area contributed by atoms with Crippen LogP contribution in [0.2, 0.25) is 0 Å². The van der Waals surface area contributed by atoms with Crippen LogP contribution in [0.1, 0.15) is 33.5 Å². The number of aromatic nitrogens is 2. The molecule has 102 valence electrons. The van der Waals surface area contributed by atoms with Gasteiger partial charge in [0.25, 0.3) is 5.91 Å². The molecule has 1 aliphatic rings. The number of likely N-dealkylation sites (tertiary alicyclic amines) is 1. The van der Waals surface area contributed by atoms with Crippen LogP contribution in [-0.2, 0) is 0 Å². The predicted octanol–water partition coefficient (Wildman–Crippen LogP) is 1.66. The van der Waals surface area contributed by atoms with E-state index in [0.29, 0.717) is 30.0 Å². The molecule has 2 aromatic rings. The van der Waals surface area contributed by atoms with Gasteiger partial charge in [-0.3, -0.25) is 9.48 Å². The van der Waals surface area contributed by atoms with Crippen LogP contribution in [0.3, 0.4) is 0 Å². The van der Waals surface area contributed by atoms with Crippen molar-refractivity contribution in [2.45, 2.75) is 19.9 Å². The number of carbonyl (C=O) groups is 1. The van der Waals surface area contributed by atoms with E-state index in [0.717, 1.165) is 5.76 Å². The summed E-state index contributed by atoms with van der Waals surface area (Å²) in [5.74, 6) is 1.39. The molecule has 1 amide bonds. The van der Waals surface area contributed by atoms with Gasteiger partial charge in [-0.25, -0.2) is 0 Å². The van der Waals surface area contributed by atoms with Crippen molar-refractivity contribution in [3.05, 3.63) is 41.1 Å². The second-order valence-corrected chi connectivity index (χ2v) is 5.01. The first-order valence-corrected chi connectivity index (χ1v) is 6.39. The molecule has 0 spiro atoms. The van der Waals surface area contributed by atoms with Crippen molar-refractivity contribution in [1.29, 1.82) is 5.26 Å². The number of hydrogen-bond donors (Lipinski definition) is 0. The van der Waals surface area contributed by atoms with Gasteiger partial charge in [-0.1, -0.05) is 0 Å². The highest BCUT2D eigenvalue weighted by Gasteiger charge is 2.34. The lowest BCUT2D eigenvalue weighted by Gasteiger charge is -2.39. The lowest BCUT2D eigenvalue weighted by Crippen LogP contribution is -2.50. The fraction of sp³-hybridized carbons (Fsp3) is 0.357. The lowest BCUT2D eigenvalue weighted by molar-refractivity contribution is 0.0500. The number of nitriles is 1. The second-order valence-electron chi connectivity index (χ2n) is 5.01. The maximum atomic E-state index is 12.3. The summed E-state index contributed by atoms with van der Waals surface area (Å²) in [5, 5.41) is 12.9. The van der Waals surface area contributed by atoms with E-state index in [-0.39, 0.29) is 11.9 Å². The van der Waals surface area contributed by atoms with Crippen LogP contribution >= 0.6 is 0 Å². The highest BCUT2D eigenvalue weighted by molar-refractivity contribution is 5.95. The summed E-state index contributed by atoms with van der Waals surface area (Å²) in [5.41, 5.74) is 1.16. The number of nitrogens with zero attached hydrogens (tertiary/aromatic N) is 4. The Morgan fingerprint density at radius 2 is 2.25 bits per heavy atom. The summed E-state index contributed by atoms with van der Waals surface area (Å²) in [6.07, 6.45) is 3.24. The Hall–Kier alpha value is -2.55. The minimum Gasteiger partial charge on any atom is -0.466 e. The molecule has 0 atom stereocenters. The topological polar surface area (TPSA) is 75.1 Å². The number of rotatable bonds is 2. The van der Waals surface area contributed by atoms with Crippen molar-refractivity contribution in [1.82, 2.24) is 14.7 Å². The van der Waals surface area contributed by atoms with Gasteiger partial charge in [0.1, 0.15) is 17.6 Å². The van der Waals surface area contributed by atoms with Crippen molar-refractivity contribution in [3.8, 4) is 6.07 Å². The molecule has 1 fully saturated rings. The summed E-state index contributed by atoms with van der Waals surface area (Å²) in [7, 11) is 0. The molecule has 3 heterocycles. The Bertz CT molecular complexity index is 701. The Kier molecular flexibility index (Phi) is 2.83. The Balaban J connectivity index is 1.67. The van der Waals surface area contributed by atoms with Crippen molar-refractivity contribution < 1.29 is 9.21 Å². The van der Waals surface area contributed by atoms with Gasteiger partial charge in [-0.15, -0.1) is 0 Å². The molecule has 6 heteroatoms. The minimum absolute atomic E-state index is 0.0109. The van der Waals surface area contributed by atoms with Crippen molar-refractivity contribution in [3.63, 3.8) is 0 Å². The monoisotopic (exact) mass is 270 g/mol. The third-order valence-electron chi connectivity index (χ3n) is 3.53. The first-order valence-electron chi connectivity index (χ1n) is 6.39. The summed E-state index contributed by atoms with van der Waals surface area (Å²) >= 11 is 0. The SMILES string of the molecule is Cc1cc(C(=O)N2CC(n3cc(C#N)cn3)C2)c(C)o1. The van der Waals surface area contributed by atoms with Gasteiger partial charge < -0.3 is 9.32 Å². The van der Waals surface area contributed by atoms with Crippen LogP contribution in [0.5, 0.6) is 0 Å². The first kappa shape index (κ1) is 12.5. The molecule has 1 saturated heterocycles.